The standard InChI is InChI=1S/C14H22O6/c1-3-17-11(15)9-10-5-6-14(19-7-8-20-14)12(10)13(16)18-4-2/h10,12H,3-9H2,1-2H3/t10-,12-/m1/s1. The summed E-state index contributed by atoms with van der Waals surface area (Å²) in [5.74, 6) is -2.23. The van der Waals surface area contributed by atoms with Gasteiger partial charge in [0.2, 0.25) is 0 Å². The minimum Gasteiger partial charge on any atom is -0.466 e. The van der Waals surface area contributed by atoms with E-state index >= 15 is 0 Å². The molecule has 0 unspecified atom stereocenters. The van der Waals surface area contributed by atoms with Gasteiger partial charge >= 0.3 is 11.9 Å². The lowest BCUT2D eigenvalue weighted by Gasteiger charge is -2.30. The second kappa shape index (κ2) is 6.54. The van der Waals surface area contributed by atoms with Gasteiger partial charge in [-0.25, -0.2) is 0 Å². The summed E-state index contributed by atoms with van der Waals surface area (Å²) in [6.45, 7) is 5.12. The zero-order valence-electron chi connectivity index (χ0n) is 12.1. The van der Waals surface area contributed by atoms with E-state index in [0.717, 1.165) is 0 Å². The molecule has 0 amide bonds. The lowest BCUT2D eigenvalue weighted by atomic mass is 9.90. The maximum absolute atomic E-state index is 12.2. The summed E-state index contributed by atoms with van der Waals surface area (Å²) in [7, 11) is 0. The molecule has 1 spiro atoms. The van der Waals surface area contributed by atoms with Crippen LogP contribution in [0.1, 0.15) is 33.1 Å². The molecule has 0 bridgehead atoms. The van der Waals surface area contributed by atoms with Crippen molar-refractivity contribution >= 4 is 11.9 Å². The van der Waals surface area contributed by atoms with Crippen molar-refractivity contribution in [1.29, 1.82) is 0 Å². The Labute approximate surface area is 118 Å². The fraction of sp³-hybridized carbons (Fsp3) is 0.857. The number of esters is 2. The Hall–Kier alpha value is -1.14. The largest absolute Gasteiger partial charge is 0.466 e. The van der Waals surface area contributed by atoms with Crippen LogP contribution in [0.15, 0.2) is 0 Å². The van der Waals surface area contributed by atoms with Crippen molar-refractivity contribution in [3.63, 3.8) is 0 Å². The van der Waals surface area contributed by atoms with Gasteiger partial charge in [0, 0.05) is 12.8 Å². The number of carbonyl (C=O) groups is 2. The topological polar surface area (TPSA) is 71.1 Å². The molecule has 0 aromatic carbocycles. The summed E-state index contributed by atoms with van der Waals surface area (Å²) in [4.78, 5) is 23.9. The first-order chi connectivity index (χ1) is 9.63. The zero-order valence-corrected chi connectivity index (χ0v) is 12.1. The quantitative estimate of drug-likeness (QED) is 0.709. The molecule has 1 saturated carbocycles. The van der Waals surface area contributed by atoms with E-state index in [1.165, 1.54) is 0 Å². The predicted octanol–water partition coefficient (Wildman–Crippen LogP) is 1.27. The van der Waals surface area contributed by atoms with Gasteiger partial charge in [-0.2, -0.15) is 0 Å². The highest BCUT2D eigenvalue weighted by molar-refractivity contribution is 5.77. The molecule has 2 aliphatic rings. The Morgan fingerprint density at radius 3 is 2.40 bits per heavy atom. The average Bonchev–Trinajstić information content (AvgIpc) is 2.99. The van der Waals surface area contributed by atoms with Crippen LogP contribution >= 0.6 is 0 Å². The highest BCUT2D eigenvalue weighted by Gasteiger charge is 2.57. The van der Waals surface area contributed by atoms with Crippen molar-refractivity contribution in [3.05, 3.63) is 0 Å². The lowest BCUT2D eigenvalue weighted by molar-refractivity contribution is -0.203. The second-order valence-corrected chi connectivity index (χ2v) is 5.05. The highest BCUT2D eigenvalue weighted by Crippen LogP contribution is 2.47. The Balaban J connectivity index is 2.10. The molecule has 1 heterocycles. The third-order valence-electron chi connectivity index (χ3n) is 3.86. The normalized spacial score (nSPS) is 27.7. The molecule has 0 radical (unpaired) electrons. The Morgan fingerprint density at radius 2 is 1.80 bits per heavy atom. The Kier molecular flexibility index (Phi) is 4.99. The predicted molar refractivity (Wildman–Crippen MR) is 68.7 cm³/mol. The van der Waals surface area contributed by atoms with Crippen LogP contribution in [0.4, 0.5) is 0 Å². The van der Waals surface area contributed by atoms with Crippen LogP contribution < -0.4 is 0 Å². The first-order valence-electron chi connectivity index (χ1n) is 7.23. The number of carbonyl (C=O) groups excluding carboxylic acids is 2. The van der Waals surface area contributed by atoms with Crippen LogP contribution in [0.5, 0.6) is 0 Å². The molecule has 2 fully saturated rings. The summed E-state index contributed by atoms with van der Waals surface area (Å²) in [6.07, 6.45) is 1.51. The summed E-state index contributed by atoms with van der Waals surface area (Å²) >= 11 is 0. The van der Waals surface area contributed by atoms with Crippen LogP contribution in [0.2, 0.25) is 0 Å². The first-order valence-corrected chi connectivity index (χ1v) is 7.23. The van der Waals surface area contributed by atoms with E-state index in [2.05, 4.69) is 0 Å². The van der Waals surface area contributed by atoms with Crippen LogP contribution in [0.3, 0.4) is 0 Å². The smallest absolute Gasteiger partial charge is 0.314 e. The number of ether oxygens (including phenoxy) is 4. The molecule has 6 heteroatoms. The molecule has 6 nitrogen and oxygen atoms in total. The molecule has 0 aromatic heterocycles. The monoisotopic (exact) mass is 286 g/mol. The van der Waals surface area contributed by atoms with Crippen molar-refractivity contribution in [2.45, 2.75) is 38.9 Å². The van der Waals surface area contributed by atoms with E-state index in [0.29, 0.717) is 39.3 Å². The van der Waals surface area contributed by atoms with Crippen molar-refractivity contribution in [2.75, 3.05) is 26.4 Å². The van der Waals surface area contributed by atoms with Gasteiger partial charge in [-0.3, -0.25) is 9.59 Å². The summed E-state index contributed by atoms with van der Waals surface area (Å²) < 4.78 is 21.5. The third kappa shape index (κ3) is 2.96. The Morgan fingerprint density at radius 1 is 1.15 bits per heavy atom. The van der Waals surface area contributed by atoms with Gasteiger partial charge < -0.3 is 18.9 Å². The molecule has 0 N–H and O–H groups in total. The maximum atomic E-state index is 12.2. The van der Waals surface area contributed by atoms with Gasteiger partial charge in [-0.15, -0.1) is 0 Å². The average molecular weight is 286 g/mol. The van der Waals surface area contributed by atoms with Gasteiger partial charge in [0.25, 0.3) is 0 Å². The van der Waals surface area contributed by atoms with Crippen LogP contribution in [0, 0.1) is 11.8 Å². The van der Waals surface area contributed by atoms with E-state index in [4.69, 9.17) is 18.9 Å². The molecular formula is C14H22O6. The zero-order chi connectivity index (χ0) is 14.6. The molecular weight excluding hydrogens is 264 g/mol. The molecule has 0 aromatic rings. The molecule has 114 valence electrons. The van der Waals surface area contributed by atoms with E-state index < -0.39 is 11.7 Å². The van der Waals surface area contributed by atoms with E-state index in [1.54, 1.807) is 13.8 Å². The number of hydrogen-bond acceptors (Lipinski definition) is 6. The molecule has 2 atom stereocenters. The number of rotatable bonds is 5. The third-order valence-corrected chi connectivity index (χ3v) is 3.86. The van der Waals surface area contributed by atoms with Crippen LogP contribution in [-0.4, -0.2) is 44.2 Å². The molecule has 2 rings (SSSR count). The van der Waals surface area contributed by atoms with E-state index in [9.17, 15) is 9.59 Å². The van der Waals surface area contributed by atoms with Gasteiger partial charge in [0.15, 0.2) is 5.79 Å². The summed E-state index contributed by atoms with van der Waals surface area (Å²) in [5, 5.41) is 0. The van der Waals surface area contributed by atoms with Crippen LogP contribution in [-0.2, 0) is 28.5 Å². The van der Waals surface area contributed by atoms with Crippen LogP contribution in [0.25, 0.3) is 0 Å². The Bertz CT molecular complexity index is 361. The molecule has 1 aliphatic carbocycles. The van der Waals surface area contributed by atoms with Crippen molar-refractivity contribution < 1.29 is 28.5 Å². The van der Waals surface area contributed by atoms with Crippen molar-refractivity contribution in [2.24, 2.45) is 11.8 Å². The molecule has 1 aliphatic heterocycles. The highest BCUT2D eigenvalue weighted by atomic mass is 16.7. The van der Waals surface area contributed by atoms with Gasteiger partial charge in [-0.1, -0.05) is 0 Å². The van der Waals surface area contributed by atoms with Gasteiger partial charge in [0.1, 0.15) is 5.92 Å². The lowest BCUT2D eigenvalue weighted by Crippen LogP contribution is -2.43. The SMILES string of the molecule is CCOC(=O)C[C@H]1CCC2(OCCO2)[C@H]1C(=O)OCC. The maximum Gasteiger partial charge on any atom is 0.314 e. The first kappa shape index (κ1) is 15.3. The van der Waals surface area contributed by atoms with Crippen molar-refractivity contribution in [3.8, 4) is 0 Å². The summed E-state index contributed by atoms with van der Waals surface area (Å²) in [6, 6.07) is 0. The van der Waals surface area contributed by atoms with E-state index in [1.807, 2.05) is 0 Å². The summed E-state index contributed by atoms with van der Waals surface area (Å²) in [5.41, 5.74) is 0. The van der Waals surface area contributed by atoms with E-state index in [-0.39, 0.29) is 24.3 Å². The van der Waals surface area contributed by atoms with Gasteiger partial charge in [-0.05, 0) is 26.2 Å². The molecule has 20 heavy (non-hydrogen) atoms. The fourth-order valence-electron chi connectivity index (χ4n) is 3.12. The fourth-order valence-corrected chi connectivity index (χ4v) is 3.12. The number of hydrogen-bond donors (Lipinski definition) is 0. The second-order valence-electron chi connectivity index (χ2n) is 5.05. The van der Waals surface area contributed by atoms with Crippen molar-refractivity contribution in [1.82, 2.24) is 0 Å². The minimum atomic E-state index is -0.899. The molecule has 1 saturated heterocycles. The van der Waals surface area contributed by atoms with Gasteiger partial charge in [0.05, 0.1) is 26.4 Å². The minimum absolute atomic E-state index is 0.147.